The van der Waals surface area contributed by atoms with Gasteiger partial charge >= 0.3 is 6.09 Å². The van der Waals surface area contributed by atoms with E-state index in [1.807, 2.05) is 19.1 Å². The summed E-state index contributed by atoms with van der Waals surface area (Å²) in [7, 11) is 1.36. The normalized spacial score (nSPS) is 10.2. The Balaban J connectivity index is 2.93. The molecule has 3 heteroatoms. The highest BCUT2D eigenvalue weighted by molar-refractivity contribution is 5.84. The first kappa shape index (κ1) is 11.6. The lowest BCUT2D eigenvalue weighted by molar-refractivity contribution is 0.187. The molecule has 0 heterocycles. The van der Waals surface area contributed by atoms with Crippen molar-refractivity contribution in [1.82, 2.24) is 0 Å². The Morgan fingerprint density at radius 3 is 2.53 bits per heavy atom. The maximum Gasteiger partial charge on any atom is 0.411 e. The summed E-state index contributed by atoms with van der Waals surface area (Å²) in [5.41, 5.74) is 3.12. The Kier molecular flexibility index (Phi) is 3.72. The lowest BCUT2D eigenvalue weighted by atomic mass is 10.0. The number of rotatable bonds is 2. The van der Waals surface area contributed by atoms with E-state index in [1.54, 1.807) is 0 Å². The number of carbonyl (C=O) groups excluding carboxylic acids is 1. The van der Waals surface area contributed by atoms with Gasteiger partial charge in [-0.3, -0.25) is 5.32 Å². The quantitative estimate of drug-likeness (QED) is 0.808. The van der Waals surface area contributed by atoms with Crippen LogP contribution in [0.1, 0.15) is 30.9 Å². The second-order valence-corrected chi connectivity index (χ2v) is 3.90. The molecule has 1 N–H and O–H groups in total. The van der Waals surface area contributed by atoms with Crippen LogP contribution >= 0.6 is 0 Å². The zero-order valence-electron chi connectivity index (χ0n) is 9.63. The summed E-state index contributed by atoms with van der Waals surface area (Å²) in [6.45, 7) is 6.25. The Labute approximate surface area is 90.4 Å². The fourth-order valence-corrected chi connectivity index (χ4v) is 1.39. The van der Waals surface area contributed by atoms with Crippen LogP contribution in [0.15, 0.2) is 18.2 Å². The average molecular weight is 207 g/mol. The molecule has 15 heavy (non-hydrogen) atoms. The van der Waals surface area contributed by atoms with Gasteiger partial charge in [-0.2, -0.15) is 0 Å². The molecule has 0 atom stereocenters. The van der Waals surface area contributed by atoms with Crippen LogP contribution in [0, 0.1) is 6.92 Å². The summed E-state index contributed by atoms with van der Waals surface area (Å²) in [5.74, 6) is 0.447. The molecule has 0 aliphatic rings. The molecule has 0 spiro atoms. The fraction of sp³-hybridized carbons (Fsp3) is 0.417. The summed E-state index contributed by atoms with van der Waals surface area (Å²) in [6, 6.07) is 6.00. The maximum atomic E-state index is 11.0. The largest absolute Gasteiger partial charge is 0.453 e. The summed E-state index contributed by atoms with van der Waals surface area (Å²) < 4.78 is 4.54. The van der Waals surface area contributed by atoms with E-state index in [2.05, 4.69) is 30.0 Å². The minimum atomic E-state index is -0.435. The highest BCUT2D eigenvalue weighted by Gasteiger charge is 2.05. The van der Waals surface area contributed by atoms with Gasteiger partial charge in [0.25, 0.3) is 0 Å². The van der Waals surface area contributed by atoms with E-state index in [0.717, 1.165) is 11.3 Å². The van der Waals surface area contributed by atoms with E-state index in [4.69, 9.17) is 0 Å². The minimum absolute atomic E-state index is 0.435. The third-order valence-electron chi connectivity index (χ3n) is 2.20. The molecule has 0 radical (unpaired) electrons. The Bertz CT molecular complexity index is 359. The van der Waals surface area contributed by atoms with Crippen LogP contribution in [0.25, 0.3) is 0 Å². The molecule has 0 aliphatic carbocycles. The van der Waals surface area contributed by atoms with Gasteiger partial charge in [-0.1, -0.05) is 19.9 Å². The molecule has 0 unspecified atom stereocenters. The molecule has 82 valence electrons. The van der Waals surface area contributed by atoms with Crippen molar-refractivity contribution >= 4 is 11.8 Å². The van der Waals surface area contributed by atoms with Crippen LogP contribution in [0.3, 0.4) is 0 Å². The number of anilines is 1. The standard InChI is InChI=1S/C12H17NO2/c1-8(2)10-5-9(3)6-11(7-10)13-12(14)15-4/h5-8H,1-4H3,(H,13,14). The van der Waals surface area contributed by atoms with E-state index in [0.29, 0.717) is 5.92 Å². The van der Waals surface area contributed by atoms with Gasteiger partial charge < -0.3 is 4.74 Å². The molecule has 0 saturated carbocycles. The zero-order chi connectivity index (χ0) is 11.4. The average Bonchev–Trinajstić information content (AvgIpc) is 2.16. The zero-order valence-corrected chi connectivity index (χ0v) is 9.63. The van der Waals surface area contributed by atoms with Gasteiger partial charge in [0.2, 0.25) is 0 Å². The number of nitrogens with one attached hydrogen (secondary N) is 1. The van der Waals surface area contributed by atoms with Crippen molar-refractivity contribution in [2.45, 2.75) is 26.7 Å². The van der Waals surface area contributed by atoms with Gasteiger partial charge in [-0.15, -0.1) is 0 Å². The van der Waals surface area contributed by atoms with E-state index in [9.17, 15) is 4.79 Å². The number of aryl methyl sites for hydroxylation is 1. The minimum Gasteiger partial charge on any atom is -0.453 e. The number of hydrogen-bond acceptors (Lipinski definition) is 2. The summed E-state index contributed by atoms with van der Waals surface area (Å²) in [4.78, 5) is 11.0. The van der Waals surface area contributed by atoms with Gasteiger partial charge in [0.15, 0.2) is 0 Å². The Hall–Kier alpha value is -1.51. The predicted octanol–water partition coefficient (Wildman–Crippen LogP) is 3.30. The van der Waals surface area contributed by atoms with Crippen LogP contribution in [0.2, 0.25) is 0 Å². The number of hydrogen-bond donors (Lipinski definition) is 1. The van der Waals surface area contributed by atoms with Gasteiger partial charge in [0.1, 0.15) is 0 Å². The molecule has 0 aliphatic heterocycles. The molecule has 0 fully saturated rings. The van der Waals surface area contributed by atoms with Crippen molar-refractivity contribution < 1.29 is 9.53 Å². The molecule has 3 nitrogen and oxygen atoms in total. The van der Waals surface area contributed by atoms with Crippen molar-refractivity contribution in [1.29, 1.82) is 0 Å². The second-order valence-electron chi connectivity index (χ2n) is 3.90. The molecular formula is C12H17NO2. The number of benzene rings is 1. The third-order valence-corrected chi connectivity index (χ3v) is 2.20. The van der Waals surface area contributed by atoms with E-state index in [-0.39, 0.29) is 0 Å². The SMILES string of the molecule is COC(=O)Nc1cc(C)cc(C(C)C)c1. The van der Waals surface area contributed by atoms with Crippen LogP contribution in [0.5, 0.6) is 0 Å². The molecule has 1 aromatic carbocycles. The Morgan fingerprint density at radius 1 is 1.33 bits per heavy atom. The summed E-state index contributed by atoms with van der Waals surface area (Å²) in [6.07, 6.45) is -0.435. The number of ether oxygens (including phenoxy) is 1. The van der Waals surface area contributed by atoms with Crippen molar-refractivity contribution in [2.24, 2.45) is 0 Å². The summed E-state index contributed by atoms with van der Waals surface area (Å²) >= 11 is 0. The van der Waals surface area contributed by atoms with Crippen LogP contribution in [-0.2, 0) is 4.74 Å². The third kappa shape index (κ3) is 3.27. The van der Waals surface area contributed by atoms with Gasteiger partial charge in [0.05, 0.1) is 7.11 Å². The Morgan fingerprint density at radius 2 is 2.00 bits per heavy atom. The topological polar surface area (TPSA) is 38.3 Å². The predicted molar refractivity (Wildman–Crippen MR) is 61.3 cm³/mol. The molecule has 0 aromatic heterocycles. The van der Waals surface area contributed by atoms with Crippen LogP contribution in [0.4, 0.5) is 10.5 Å². The summed E-state index contributed by atoms with van der Waals surface area (Å²) in [5, 5.41) is 2.67. The second kappa shape index (κ2) is 4.82. The van der Waals surface area contributed by atoms with Crippen molar-refractivity contribution in [3.63, 3.8) is 0 Å². The first-order valence-corrected chi connectivity index (χ1v) is 4.99. The van der Waals surface area contributed by atoms with E-state index < -0.39 is 6.09 Å². The highest BCUT2D eigenvalue weighted by atomic mass is 16.5. The number of methoxy groups -OCH3 is 1. The molecule has 0 saturated heterocycles. The van der Waals surface area contributed by atoms with E-state index >= 15 is 0 Å². The van der Waals surface area contributed by atoms with Crippen LogP contribution in [-0.4, -0.2) is 13.2 Å². The molecule has 1 aromatic rings. The molecular weight excluding hydrogens is 190 g/mol. The molecule has 1 rings (SSSR count). The maximum absolute atomic E-state index is 11.0. The van der Waals surface area contributed by atoms with Gasteiger partial charge in [-0.05, 0) is 36.1 Å². The molecule has 0 bridgehead atoms. The van der Waals surface area contributed by atoms with E-state index in [1.165, 1.54) is 12.7 Å². The van der Waals surface area contributed by atoms with Crippen LogP contribution < -0.4 is 5.32 Å². The van der Waals surface area contributed by atoms with Gasteiger partial charge in [-0.25, -0.2) is 4.79 Å². The highest BCUT2D eigenvalue weighted by Crippen LogP contribution is 2.21. The smallest absolute Gasteiger partial charge is 0.411 e. The monoisotopic (exact) mass is 207 g/mol. The van der Waals surface area contributed by atoms with Crippen molar-refractivity contribution in [3.05, 3.63) is 29.3 Å². The lowest BCUT2D eigenvalue weighted by Crippen LogP contribution is -2.11. The number of amides is 1. The van der Waals surface area contributed by atoms with Crippen molar-refractivity contribution in [2.75, 3.05) is 12.4 Å². The first-order chi connectivity index (χ1) is 7.02. The lowest BCUT2D eigenvalue weighted by Gasteiger charge is -2.10. The number of carbonyl (C=O) groups is 1. The fourth-order valence-electron chi connectivity index (χ4n) is 1.39. The molecule has 1 amide bonds. The van der Waals surface area contributed by atoms with Crippen molar-refractivity contribution in [3.8, 4) is 0 Å². The van der Waals surface area contributed by atoms with Gasteiger partial charge in [0, 0.05) is 5.69 Å². The first-order valence-electron chi connectivity index (χ1n) is 4.99.